The minimum Gasteiger partial charge on any atom is -0.368 e. The van der Waals surface area contributed by atoms with Crippen molar-refractivity contribution in [1.82, 2.24) is 10.2 Å². The average molecular weight is 159 g/mol. The van der Waals surface area contributed by atoms with Gasteiger partial charge >= 0.3 is 0 Å². The van der Waals surface area contributed by atoms with Gasteiger partial charge in [-0.05, 0) is 34.1 Å². The summed E-state index contributed by atoms with van der Waals surface area (Å²) in [7, 11) is 5.67. The predicted octanol–water partition coefficient (Wildman–Crippen LogP) is -0.989. The summed E-state index contributed by atoms with van der Waals surface area (Å²) in [6.45, 7) is 0.869. The Morgan fingerprint density at radius 2 is 2.18 bits per heavy atom. The van der Waals surface area contributed by atoms with Crippen LogP contribution in [0.2, 0.25) is 0 Å². The lowest BCUT2D eigenvalue weighted by atomic mass is 10.2. The highest BCUT2D eigenvalue weighted by Gasteiger charge is 2.11. The summed E-state index contributed by atoms with van der Waals surface area (Å²) in [4.78, 5) is 12.7. The lowest BCUT2D eigenvalue weighted by Gasteiger charge is -2.15. The Bertz CT molecular complexity index is 125. The normalized spacial score (nSPS) is 13.5. The van der Waals surface area contributed by atoms with E-state index in [1.165, 1.54) is 0 Å². The van der Waals surface area contributed by atoms with Gasteiger partial charge in [0.25, 0.3) is 0 Å². The van der Waals surface area contributed by atoms with Crippen molar-refractivity contribution in [2.45, 2.75) is 12.5 Å². The van der Waals surface area contributed by atoms with Gasteiger partial charge in [0.2, 0.25) is 5.91 Å². The van der Waals surface area contributed by atoms with Gasteiger partial charge in [-0.25, -0.2) is 0 Å². The molecule has 0 saturated carbocycles. The molecular formula is C7H17N3O. The van der Waals surface area contributed by atoms with Crippen molar-refractivity contribution in [3.05, 3.63) is 0 Å². The Balaban J connectivity index is 3.61. The first-order valence-corrected chi connectivity index (χ1v) is 3.69. The minimum atomic E-state index is -0.283. The first-order valence-electron chi connectivity index (χ1n) is 3.69. The Labute approximate surface area is 67.7 Å². The zero-order chi connectivity index (χ0) is 8.85. The topological polar surface area (TPSA) is 58.4 Å². The van der Waals surface area contributed by atoms with Crippen LogP contribution in [-0.4, -0.2) is 44.5 Å². The number of carbonyl (C=O) groups excluding carboxylic acids is 1. The number of hydrogen-bond acceptors (Lipinski definition) is 3. The third-order valence-corrected chi connectivity index (χ3v) is 1.56. The van der Waals surface area contributed by atoms with E-state index in [2.05, 4.69) is 5.32 Å². The van der Waals surface area contributed by atoms with E-state index in [0.29, 0.717) is 0 Å². The van der Waals surface area contributed by atoms with Gasteiger partial charge < -0.3 is 16.0 Å². The Morgan fingerprint density at radius 3 is 2.45 bits per heavy atom. The summed E-state index contributed by atoms with van der Waals surface area (Å²) >= 11 is 0. The molecule has 0 aliphatic carbocycles. The van der Waals surface area contributed by atoms with Gasteiger partial charge in [-0.2, -0.15) is 0 Å². The number of rotatable bonds is 5. The molecule has 0 aromatic rings. The van der Waals surface area contributed by atoms with Crippen molar-refractivity contribution in [2.24, 2.45) is 5.73 Å². The van der Waals surface area contributed by atoms with Gasteiger partial charge in [0.15, 0.2) is 0 Å². The molecule has 3 N–H and O–H groups in total. The number of hydrogen-bond donors (Lipinski definition) is 2. The minimum absolute atomic E-state index is 0.197. The van der Waals surface area contributed by atoms with Crippen molar-refractivity contribution >= 4 is 5.91 Å². The fourth-order valence-corrected chi connectivity index (χ4v) is 0.816. The smallest absolute Gasteiger partial charge is 0.234 e. The van der Waals surface area contributed by atoms with Gasteiger partial charge in [-0.3, -0.25) is 4.79 Å². The highest BCUT2D eigenvalue weighted by molar-refractivity contribution is 5.79. The molecular weight excluding hydrogens is 142 g/mol. The van der Waals surface area contributed by atoms with Crippen LogP contribution in [-0.2, 0) is 4.79 Å². The SMILES string of the molecule is CNC(CCN(C)C)C(N)=O. The molecule has 0 spiro atoms. The standard InChI is InChI=1S/C7H17N3O/c1-9-6(7(8)11)4-5-10(2)3/h6,9H,4-5H2,1-3H3,(H2,8,11). The number of carbonyl (C=O) groups is 1. The van der Waals surface area contributed by atoms with E-state index in [4.69, 9.17) is 5.73 Å². The summed E-state index contributed by atoms with van der Waals surface area (Å²) in [6.07, 6.45) is 0.763. The van der Waals surface area contributed by atoms with Crippen LogP contribution in [0, 0.1) is 0 Å². The molecule has 1 unspecified atom stereocenters. The molecule has 0 aromatic carbocycles. The summed E-state index contributed by atoms with van der Waals surface area (Å²) < 4.78 is 0. The second kappa shape index (κ2) is 5.09. The van der Waals surface area contributed by atoms with Crippen LogP contribution in [0.25, 0.3) is 0 Å². The van der Waals surface area contributed by atoms with Crippen molar-refractivity contribution in [3.8, 4) is 0 Å². The Kier molecular flexibility index (Phi) is 4.81. The van der Waals surface area contributed by atoms with Crippen molar-refractivity contribution in [1.29, 1.82) is 0 Å². The van der Waals surface area contributed by atoms with E-state index >= 15 is 0 Å². The van der Waals surface area contributed by atoms with Crippen LogP contribution in [0.15, 0.2) is 0 Å². The van der Waals surface area contributed by atoms with Gasteiger partial charge in [0.1, 0.15) is 0 Å². The summed E-state index contributed by atoms with van der Waals surface area (Å²) in [5.74, 6) is -0.283. The largest absolute Gasteiger partial charge is 0.368 e. The van der Waals surface area contributed by atoms with Crippen LogP contribution in [0.3, 0.4) is 0 Å². The maximum absolute atomic E-state index is 10.7. The van der Waals surface area contributed by atoms with E-state index in [1.54, 1.807) is 7.05 Å². The number of nitrogens with two attached hydrogens (primary N) is 1. The third-order valence-electron chi connectivity index (χ3n) is 1.56. The molecule has 1 atom stereocenters. The second-order valence-electron chi connectivity index (χ2n) is 2.84. The second-order valence-corrected chi connectivity index (χ2v) is 2.84. The number of primary amides is 1. The molecule has 4 heteroatoms. The predicted molar refractivity (Wildman–Crippen MR) is 45.2 cm³/mol. The average Bonchev–Trinajstić information content (AvgIpc) is 1.87. The molecule has 0 aromatic heterocycles. The van der Waals surface area contributed by atoms with E-state index in [0.717, 1.165) is 13.0 Å². The first-order chi connectivity index (χ1) is 5.07. The summed E-state index contributed by atoms with van der Waals surface area (Å²) in [6, 6.07) is -0.197. The maximum atomic E-state index is 10.7. The molecule has 0 radical (unpaired) electrons. The highest BCUT2D eigenvalue weighted by atomic mass is 16.1. The molecule has 0 aliphatic rings. The van der Waals surface area contributed by atoms with E-state index in [9.17, 15) is 4.79 Å². The van der Waals surface area contributed by atoms with Crippen LogP contribution in [0.4, 0.5) is 0 Å². The number of nitrogens with zero attached hydrogens (tertiary/aromatic N) is 1. The zero-order valence-corrected chi connectivity index (χ0v) is 7.42. The van der Waals surface area contributed by atoms with Gasteiger partial charge in [0.05, 0.1) is 6.04 Å². The Morgan fingerprint density at radius 1 is 1.64 bits per heavy atom. The van der Waals surface area contributed by atoms with Crippen LogP contribution < -0.4 is 11.1 Å². The molecule has 0 rings (SSSR count). The van der Waals surface area contributed by atoms with Crippen molar-refractivity contribution in [3.63, 3.8) is 0 Å². The maximum Gasteiger partial charge on any atom is 0.234 e. The zero-order valence-electron chi connectivity index (χ0n) is 7.42. The molecule has 0 fully saturated rings. The number of likely N-dealkylation sites (N-methyl/N-ethyl adjacent to an activating group) is 1. The lowest BCUT2D eigenvalue weighted by molar-refractivity contribution is -0.120. The fourth-order valence-electron chi connectivity index (χ4n) is 0.816. The van der Waals surface area contributed by atoms with Crippen molar-refractivity contribution in [2.75, 3.05) is 27.7 Å². The number of amides is 1. The highest BCUT2D eigenvalue weighted by Crippen LogP contribution is 1.90. The fraction of sp³-hybridized carbons (Fsp3) is 0.857. The molecule has 11 heavy (non-hydrogen) atoms. The van der Waals surface area contributed by atoms with Crippen LogP contribution in [0.1, 0.15) is 6.42 Å². The molecule has 0 aliphatic heterocycles. The van der Waals surface area contributed by atoms with Gasteiger partial charge in [-0.15, -0.1) is 0 Å². The van der Waals surface area contributed by atoms with Crippen LogP contribution >= 0.6 is 0 Å². The molecule has 66 valence electrons. The van der Waals surface area contributed by atoms with Gasteiger partial charge in [0, 0.05) is 0 Å². The first kappa shape index (κ1) is 10.4. The lowest BCUT2D eigenvalue weighted by Crippen LogP contribution is -2.40. The van der Waals surface area contributed by atoms with Crippen LogP contribution in [0.5, 0.6) is 0 Å². The quantitative estimate of drug-likeness (QED) is 0.541. The Hall–Kier alpha value is -0.610. The summed E-state index contributed by atoms with van der Waals surface area (Å²) in [5, 5.41) is 2.86. The number of nitrogens with one attached hydrogen (secondary N) is 1. The van der Waals surface area contributed by atoms with E-state index < -0.39 is 0 Å². The van der Waals surface area contributed by atoms with E-state index in [-0.39, 0.29) is 11.9 Å². The van der Waals surface area contributed by atoms with Gasteiger partial charge in [-0.1, -0.05) is 0 Å². The molecule has 1 amide bonds. The molecule has 4 nitrogen and oxygen atoms in total. The monoisotopic (exact) mass is 159 g/mol. The molecule has 0 bridgehead atoms. The molecule has 0 heterocycles. The van der Waals surface area contributed by atoms with Crippen molar-refractivity contribution < 1.29 is 4.79 Å². The van der Waals surface area contributed by atoms with E-state index in [1.807, 2.05) is 19.0 Å². The third kappa shape index (κ3) is 4.75. The molecule has 0 saturated heterocycles. The summed E-state index contributed by atoms with van der Waals surface area (Å²) in [5.41, 5.74) is 5.11.